The number of halogens is 1. The summed E-state index contributed by atoms with van der Waals surface area (Å²) >= 11 is 0. The van der Waals surface area contributed by atoms with Crippen LogP contribution in [0.4, 0.5) is 4.39 Å². The number of rotatable bonds is 4. The molecule has 0 aliphatic rings. The van der Waals surface area contributed by atoms with Gasteiger partial charge in [-0.15, -0.1) is 0 Å². The molecule has 106 valence electrons. The van der Waals surface area contributed by atoms with Crippen LogP contribution in [0.15, 0.2) is 47.6 Å². The maximum absolute atomic E-state index is 13.8. The maximum Gasteiger partial charge on any atom is 0.158 e. The first-order valence-corrected chi connectivity index (χ1v) is 6.54. The Kier molecular flexibility index (Phi) is 3.70. The van der Waals surface area contributed by atoms with Crippen LogP contribution in [0.3, 0.4) is 0 Å². The van der Waals surface area contributed by atoms with Crippen molar-refractivity contribution in [3.8, 4) is 0 Å². The van der Waals surface area contributed by atoms with Crippen LogP contribution in [-0.2, 0) is 6.54 Å². The van der Waals surface area contributed by atoms with Gasteiger partial charge in [0.15, 0.2) is 5.65 Å². The van der Waals surface area contributed by atoms with E-state index in [0.717, 1.165) is 5.39 Å². The summed E-state index contributed by atoms with van der Waals surface area (Å²) in [5, 5.41) is 5.31. The Balaban J connectivity index is 2.06. The second-order valence-electron chi connectivity index (χ2n) is 4.50. The van der Waals surface area contributed by atoms with Gasteiger partial charge in [0.05, 0.1) is 19.4 Å². The van der Waals surface area contributed by atoms with Crippen molar-refractivity contribution in [1.29, 1.82) is 0 Å². The molecular formula is C15H14FN5. The van der Waals surface area contributed by atoms with Gasteiger partial charge in [-0.25, -0.2) is 14.1 Å². The minimum absolute atomic E-state index is 0.196. The SMILES string of the molecule is NC/N=C/c1nn(Cc2ccccc2F)c2ncccc12. The lowest BCUT2D eigenvalue weighted by molar-refractivity contribution is 0.589. The highest BCUT2D eigenvalue weighted by Crippen LogP contribution is 2.17. The van der Waals surface area contributed by atoms with Gasteiger partial charge in [-0.3, -0.25) is 4.99 Å². The Morgan fingerprint density at radius 1 is 1.24 bits per heavy atom. The zero-order valence-corrected chi connectivity index (χ0v) is 11.3. The predicted molar refractivity (Wildman–Crippen MR) is 79.7 cm³/mol. The predicted octanol–water partition coefficient (Wildman–Crippen LogP) is 1.95. The second kappa shape index (κ2) is 5.80. The fourth-order valence-electron chi connectivity index (χ4n) is 2.17. The number of nitrogens with zero attached hydrogens (tertiary/aromatic N) is 4. The number of fused-ring (bicyclic) bond motifs is 1. The molecule has 3 aromatic rings. The van der Waals surface area contributed by atoms with E-state index in [1.165, 1.54) is 6.07 Å². The van der Waals surface area contributed by atoms with Gasteiger partial charge in [-0.05, 0) is 18.2 Å². The summed E-state index contributed by atoms with van der Waals surface area (Å²) in [4.78, 5) is 8.33. The summed E-state index contributed by atoms with van der Waals surface area (Å²) in [5.74, 6) is -0.255. The zero-order chi connectivity index (χ0) is 14.7. The summed E-state index contributed by atoms with van der Waals surface area (Å²) in [6.45, 7) is 0.512. The van der Waals surface area contributed by atoms with Crippen LogP contribution >= 0.6 is 0 Å². The fourth-order valence-corrected chi connectivity index (χ4v) is 2.17. The molecule has 1 aromatic carbocycles. The molecule has 0 atom stereocenters. The van der Waals surface area contributed by atoms with Crippen molar-refractivity contribution in [2.24, 2.45) is 10.7 Å². The highest BCUT2D eigenvalue weighted by atomic mass is 19.1. The van der Waals surface area contributed by atoms with Crippen LogP contribution < -0.4 is 5.73 Å². The average Bonchev–Trinajstić information content (AvgIpc) is 2.86. The largest absolute Gasteiger partial charge is 0.312 e. The number of hydrogen-bond acceptors (Lipinski definition) is 4. The van der Waals surface area contributed by atoms with E-state index >= 15 is 0 Å². The molecule has 2 N–H and O–H groups in total. The van der Waals surface area contributed by atoms with Crippen molar-refractivity contribution in [1.82, 2.24) is 14.8 Å². The molecule has 5 nitrogen and oxygen atoms in total. The Labute approximate surface area is 120 Å². The van der Waals surface area contributed by atoms with Gasteiger partial charge in [0.1, 0.15) is 11.5 Å². The molecule has 0 saturated heterocycles. The maximum atomic E-state index is 13.8. The Bertz CT molecular complexity index is 794. The molecule has 0 spiro atoms. The Morgan fingerprint density at radius 2 is 2.10 bits per heavy atom. The van der Waals surface area contributed by atoms with Gasteiger partial charge >= 0.3 is 0 Å². The number of pyridine rings is 1. The van der Waals surface area contributed by atoms with Crippen LogP contribution in [0.1, 0.15) is 11.3 Å². The van der Waals surface area contributed by atoms with Crippen molar-refractivity contribution in [3.63, 3.8) is 0 Å². The van der Waals surface area contributed by atoms with Crippen LogP contribution in [0.25, 0.3) is 11.0 Å². The van der Waals surface area contributed by atoms with Gasteiger partial charge in [0.2, 0.25) is 0 Å². The summed E-state index contributed by atoms with van der Waals surface area (Å²) < 4.78 is 15.5. The monoisotopic (exact) mass is 283 g/mol. The standard InChI is InChI=1S/C15H14FN5/c16-13-6-2-1-4-11(13)9-21-15-12(5-3-7-19-15)14(20-21)8-18-10-17/h1-8H,9-10,17H2/b18-8+. The molecule has 0 aliphatic carbocycles. The van der Waals surface area contributed by atoms with Crippen molar-refractivity contribution >= 4 is 17.2 Å². The van der Waals surface area contributed by atoms with Gasteiger partial charge in [0, 0.05) is 17.1 Å². The Hall–Kier alpha value is -2.60. The van der Waals surface area contributed by atoms with Crippen molar-refractivity contribution in [2.75, 3.05) is 6.67 Å². The van der Waals surface area contributed by atoms with Crippen molar-refractivity contribution in [3.05, 3.63) is 59.7 Å². The summed E-state index contributed by atoms with van der Waals surface area (Å²) in [6.07, 6.45) is 3.30. The van der Waals surface area contributed by atoms with E-state index in [-0.39, 0.29) is 12.5 Å². The molecule has 2 heterocycles. The van der Waals surface area contributed by atoms with E-state index < -0.39 is 0 Å². The third-order valence-electron chi connectivity index (χ3n) is 3.13. The van der Waals surface area contributed by atoms with Crippen LogP contribution in [-0.4, -0.2) is 27.6 Å². The minimum Gasteiger partial charge on any atom is -0.312 e. The molecule has 0 amide bonds. The van der Waals surface area contributed by atoms with E-state index in [1.54, 1.807) is 35.3 Å². The van der Waals surface area contributed by atoms with Crippen molar-refractivity contribution < 1.29 is 4.39 Å². The first-order valence-electron chi connectivity index (χ1n) is 6.54. The molecular weight excluding hydrogens is 269 g/mol. The quantitative estimate of drug-likeness (QED) is 0.744. The highest BCUT2D eigenvalue weighted by Gasteiger charge is 2.11. The lowest BCUT2D eigenvalue weighted by atomic mass is 10.2. The van der Waals surface area contributed by atoms with E-state index in [0.29, 0.717) is 23.4 Å². The third-order valence-corrected chi connectivity index (χ3v) is 3.13. The van der Waals surface area contributed by atoms with E-state index in [4.69, 9.17) is 5.73 Å². The van der Waals surface area contributed by atoms with E-state index in [1.807, 2.05) is 12.1 Å². The molecule has 6 heteroatoms. The average molecular weight is 283 g/mol. The molecule has 21 heavy (non-hydrogen) atoms. The van der Waals surface area contributed by atoms with Crippen LogP contribution in [0, 0.1) is 5.82 Å². The normalized spacial score (nSPS) is 11.5. The smallest absolute Gasteiger partial charge is 0.158 e. The molecule has 0 bridgehead atoms. The molecule has 0 saturated carbocycles. The van der Waals surface area contributed by atoms with Crippen LogP contribution in [0.5, 0.6) is 0 Å². The van der Waals surface area contributed by atoms with Gasteiger partial charge in [-0.2, -0.15) is 5.10 Å². The van der Waals surface area contributed by atoms with Gasteiger partial charge in [0.25, 0.3) is 0 Å². The number of hydrogen-bond donors (Lipinski definition) is 1. The highest BCUT2D eigenvalue weighted by molar-refractivity contribution is 5.95. The molecule has 0 fully saturated rings. The lowest BCUT2D eigenvalue weighted by Gasteiger charge is -2.04. The first kappa shape index (κ1) is 13.4. The first-order chi connectivity index (χ1) is 10.3. The topological polar surface area (TPSA) is 69.1 Å². The van der Waals surface area contributed by atoms with Crippen LogP contribution in [0.2, 0.25) is 0 Å². The number of nitrogens with two attached hydrogens (primary N) is 1. The lowest BCUT2D eigenvalue weighted by Crippen LogP contribution is -2.05. The molecule has 0 unspecified atom stereocenters. The second-order valence-corrected chi connectivity index (χ2v) is 4.50. The molecule has 2 aromatic heterocycles. The summed E-state index contributed by atoms with van der Waals surface area (Å²) in [5.41, 5.74) is 7.31. The molecule has 0 radical (unpaired) electrons. The number of aromatic nitrogens is 3. The van der Waals surface area contributed by atoms with Gasteiger partial charge in [-0.1, -0.05) is 18.2 Å². The van der Waals surface area contributed by atoms with Gasteiger partial charge < -0.3 is 5.73 Å². The van der Waals surface area contributed by atoms with E-state index in [2.05, 4.69) is 15.1 Å². The summed E-state index contributed by atoms with van der Waals surface area (Å²) in [7, 11) is 0. The fraction of sp³-hybridized carbons (Fsp3) is 0.133. The zero-order valence-electron chi connectivity index (χ0n) is 11.3. The Morgan fingerprint density at radius 3 is 2.90 bits per heavy atom. The van der Waals surface area contributed by atoms with Crippen molar-refractivity contribution in [2.45, 2.75) is 6.54 Å². The minimum atomic E-state index is -0.255. The molecule has 3 rings (SSSR count). The van der Waals surface area contributed by atoms with E-state index in [9.17, 15) is 4.39 Å². The molecule has 0 aliphatic heterocycles. The number of benzene rings is 1. The third kappa shape index (κ3) is 2.66. The number of aliphatic imine (C=N–C) groups is 1. The summed E-state index contributed by atoms with van der Waals surface area (Å²) in [6, 6.07) is 10.4.